The van der Waals surface area contributed by atoms with Crippen LogP contribution in [0, 0.1) is 0 Å². The Bertz CT molecular complexity index is 760. The van der Waals surface area contributed by atoms with Crippen LogP contribution in [0.5, 0.6) is 0 Å². The Morgan fingerprint density at radius 1 is 1.19 bits per heavy atom. The fourth-order valence-corrected chi connectivity index (χ4v) is 3.60. The number of nitrogens with zero attached hydrogens (tertiary/aromatic N) is 2. The van der Waals surface area contributed by atoms with E-state index in [2.05, 4.69) is 45.2 Å². The Hall–Kier alpha value is -1.89. The molecule has 2 amide bonds. The summed E-state index contributed by atoms with van der Waals surface area (Å²) in [6, 6.07) is 16.3. The Morgan fingerprint density at radius 2 is 1.85 bits per heavy atom. The van der Waals surface area contributed by atoms with Crippen LogP contribution >= 0.6 is 15.9 Å². The van der Waals surface area contributed by atoms with Crippen LogP contribution in [-0.4, -0.2) is 49.2 Å². The van der Waals surface area contributed by atoms with Crippen molar-refractivity contribution in [2.45, 2.75) is 19.5 Å². The van der Waals surface area contributed by atoms with E-state index in [0.717, 1.165) is 42.0 Å². The fourth-order valence-electron chi connectivity index (χ4n) is 3.19. The molecule has 6 heteroatoms. The molecule has 1 aliphatic heterocycles. The van der Waals surface area contributed by atoms with Crippen molar-refractivity contribution < 1.29 is 9.53 Å². The summed E-state index contributed by atoms with van der Waals surface area (Å²) in [5.41, 5.74) is 3.12. The number of hydrogen-bond acceptors (Lipinski definition) is 3. The molecule has 0 bridgehead atoms. The zero-order valence-corrected chi connectivity index (χ0v) is 17.4. The molecule has 3 rings (SSSR count). The van der Waals surface area contributed by atoms with E-state index >= 15 is 0 Å². The number of carbonyl (C=O) groups excluding carboxylic acids is 1. The molecule has 1 saturated heterocycles. The van der Waals surface area contributed by atoms with Gasteiger partial charge in [0.15, 0.2) is 0 Å². The van der Waals surface area contributed by atoms with Crippen LogP contribution in [0.25, 0.3) is 0 Å². The van der Waals surface area contributed by atoms with E-state index in [1.807, 2.05) is 36.4 Å². The molecule has 27 heavy (non-hydrogen) atoms. The van der Waals surface area contributed by atoms with Gasteiger partial charge in [0.1, 0.15) is 0 Å². The number of rotatable bonds is 5. The maximum Gasteiger partial charge on any atom is 0.321 e. The van der Waals surface area contributed by atoms with Gasteiger partial charge in [-0.1, -0.05) is 46.3 Å². The molecule has 0 aromatic heterocycles. The van der Waals surface area contributed by atoms with Gasteiger partial charge in [-0.05, 0) is 36.2 Å². The minimum absolute atomic E-state index is 0.125. The summed E-state index contributed by atoms with van der Waals surface area (Å²) in [6.07, 6.45) is 0. The van der Waals surface area contributed by atoms with E-state index in [1.54, 1.807) is 11.9 Å². The van der Waals surface area contributed by atoms with Crippen molar-refractivity contribution in [2.24, 2.45) is 0 Å². The van der Waals surface area contributed by atoms with Crippen molar-refractivity contribution in [1.82, 2.24) is 9.80 Å². The number of urea groups is 1. The first-order valence-electron chi connectivity index (χ1n) is 9.22. The largest absolute Gasteiger partial charge is 0.379 e. The lowest BCUT2D eigenvalue weighted by Crippen LogP contribution is -2.38. The Kier molecular flexibility index (Phi) is 6.88. The van der Waals surface area contributed by atoms with E-state index in [-0.39, 0.29) is 6.03 Å². The van der Waals surface area contributed by atoms with Gasteiger partial charge in [-0.3, -0.25) is 4.90 Å². The molecule has 2 aromatic carbocycles. The van der Waals surface area contributed by atoms with Gasteiger partial charge in [-0.2, -0.15) is 0 Å². The third-order valence-electron chi connectivity index (χ3n) is 4.95. The van der Waals surface area contributed by atoms with Gasteiger partial charge in [0.25, 0.3) is 0 Å². The molecule has 1 N–H and O–H groups in total. The average molecular weight is 432 g/mol. The summed E-state index contributed by atoms with van der Waals surface area (Å²) in [5, 5.41) is 2.97. The number of amides is 2. The second-order valence-electron chi connectivity index (χ2n) is 6.82. The summed E-state index contributed by atoms with van der Waals surface area (Å²) in [6.45, 7) is 6.26. The number of carbonyl (C=O) groups is 1. The first-order valence-corrected chi connectivity index (χ1v) is 10.0. The number of nitrogens with one attached hydrogen (secondary N) is 1. The average Bonchev–Trinajstić information content (AvgIpc) is 2.70. The van der Waals surface area contributed by atoms with Crippen molar-refractivity contribution in [1.29, 1.82) is 0 Å². The molecule has 1 unspecified atom stereocenters. The predicted octanol–water partition coefficient (Wildman–Crippen LogP) is 4.51. The highest BCUT2D eigenvalue weighted by atomic mass is 79.9. The normalized spacial score (nSPS) is 16.0. The molecule has 1 aliphatic rings. The van der Waals surface area contributed by atoms with Crippen molar-refractivity contribution in [2.75, 3.05) is 38.7 Å². The lowest BCUT2D eigenvalue weighted by molar-refractivity contribution is 0.0198. The van der Waals surface area contributed by atoms with Crippen LogP contribution in [0.1, 0.15) is 24.1 Å². The van der Waals surface area contributed by atoms with Crippen LogP contribution in [0.15, 0.2) is 53.0 Å². The predicted molar refractivity (Wildman–Crippen MR) is 112 cm³/mol. The Morgan fingerprint density at radius 3 is 2.52 bits per heavy atom. The molecule has 0 aliphatic carbocycles. The third-order valence-corrected chi connectivity index (χ3v) is 5.72. The fraction of sp³-hybridized carbons (Fsp3) is 0.381. The number of hydrogen-bond donors (Lipinski definition) is 1. The van der Waals surface area contributed by atoms with E-state index in [9.17, 15) is 4.79 Å². The molecule has 1 atom stereocenters. The number of ether oxygens (including phenoxy) is 1. The second-order valence-corrected chi connectivity index (χ2v) is 7.68. The molecule has 1 fully saturated rings. The van der Waals surface area contributed by atoms with Gasteiger partial charge in [0, 0.05) is 42.9 Å². The van der Waals surface area contributed by atoms with Crippen molar-refractivity contribution in [3.8, 4) is 0 Å². The first-order chi connectivity index (χ1) is 13.0. The maximum atomic E-state index is 12.5. The Labute approximate surface area is 169 Å². The zero-order valence-electron chi connectivity index (χ0n) is 15.8. The van der Waals surface area contributed by atoms with Crippen LogP contribution in [0.2, 0.25) is 0 Å². The quantitative estimate of drug-likeness (QED) is 0.757. The van der Waals surface area contributed by atoms with Crippen molar-refractivity contribution in [3.05, 3.63) is 64.1 Å². The lowest BCUT2D eigenvalue weighted by atomic mass is 10.1. The smallest absolute Gasteiger partial charge is 0.321 e. The van der Waals surface area contributed by atoms with Gasteiger partial charge in [-0.25, -0.2) is 4.79 Å². The third kappa shape index (κ3) is 5.31. The van der Waals surface area contributed by atoms with Crippen LogP contribution in [0.3, 0.4) is 0 Å². The number of halogens is 1. The number of morpholine rings is 1. The molecular weight excluding hydrogens is 406 g/mol. The molecular formula is C21H26BrN3O2. The van der Waals surface area contributed by atoms with Crippen molar-refractivity contribution in [3.63, 3.8) is 0 Å². The molecule has 1 heterocycles. The van der Waals surface area contributed by atoms with Gasteiger partial charge >= 0.3 is 6.03 Å². The molecule has 2 aromatic rings. The highest BCUT2D eigenvalue weighted by molar-refractivity contribution is 9.10. The number of benzene rings is 2. The monoisotopic (exact) mass is 431 g/mol. The zero-order chi connectivity index (χ0) is 19.2. The topological polar surface area (TPSA) is 44.8 Å². The molecule has 0 spiro atoms. The van der Waals surface area contributed by atoms with Gasteiger partial charge in [0.05, 0.1) is 13.2 Å². The first kappa shape index (κ1) is 19.9. The molecule has 144 valence electrons. The summed E-state index contributed by atoms with van der Waals surface area (Å²) >= 11 is 3.52. The SMILES string of the molecule is CC(c1ccc(NC(=O)N(C)Cc2ccccc2Br)cc1)N1CCOCC1. The van der Waals surface area contributed by atoms with Crippen LogP contribution in [0.4, 0.5) is 10.5 Å². The van der Waals surface area contributed by atoms with E-state index in [0.29, 0.717) is 12.6 Å². The van der Waals surface area contributed by atoms with Gasteiger partial charge < -0.3 is 15.0 Å². The van der Waals surface area contributed by atoms with Crippen LogP contribution < -0.4 is 5.32 Å². The summed E-state index contributed by atoms with van der Waals surface area (Å²) in [5.74, 6) is 0. The van der Waals surface area contributed by atoms with Crippen molar-refractivity contribution >= 4 is 27.6 Å². The second kappa shape index (κ2) is 9.35. The Balaban J connectivity index is 1.57. The molecule has 0 saturated carbocycles. The highest BCUT2D eigenvalue weighted by Crippen LogP contribution is 2.23. The van der Waals surface area contributed by atoms with E-state index in [4.69, 9.17) is 4.74 Å². The van der Waals surface area contributed by atoms with Gasteiger partial charge in [-0.15, -0.1) is 0 Å². The molecule has 5 nitrogen and oxygen atoms in total. The number of anilines is 1. The highest BCUT2D eigenvalue weighted by Gasteiger charge is 2.18. The minimum atomic E-state index is -0.125. The van der Waals surface area contributed by atoms with E-state index < -0.39 is 0 Å². The summed E-state index contributed by atoms with van der Waals surface area (Å²) in [7, 11) is 1.80. The maximum absolute atomic E-state index is 12.5. The van der Waals surface area contributed by atoms with Gasteiger partial charge in [0.2, 0.25) is 0 Å². The minimum Gasteiger partial charge on any atom is -0.379 e. The van der Waals surface area contributed by atoms with E-state index in [1.165, 1.54) is 5.56 Å². The standard InChI is InChI=1S/C21H26BrN3O2/c1-16(25-11-13-27-14-12-25)17-7-9-19(10-8-17)23-21(26)24(2)15-18-5-3-4-6-20(18)22/h3-10,16H,11-15H2,1-2H3,(H,23,26). The summed E-state index contributed by atoms with van der Waals surface area (Å²) < 4.78 is 6.43. The summed E-state index contributed by atoms with van der Waals surface area (Å²) in [4.78, 5) is 16.6. The lowest BCUT2D eigenvalue weighted by Gasteiger charge is -2.32. The molecule has 0 radical (unpaired) electrons. The van der Waals surface area contributed by atoms with Crippen LogP contribution in [-0.2, 0) is 11.3 Å².